The van der Waals surface area contributed by atoms with Gasteiger partial charge in [-0.25, -0.2) is 0 Å². The van der Waals surface area contributed by atoms with Crippen LogP contribution in [0.1, 0.15) is 133 Å². The van der Waals surface area contributed by atoms with Gasteiger partial charge in [-0.3, -0.25) is 4.79 Å². The molecular formula is C76H124O38. The van der Waals surface area contributed by atoms with Gasteiger partial charge in [0.25, 0.3) is 0 Å². The molecule has 4 saturated carbocycles. The third kappa shape index (κ3) is 16.0. The maximum Gasteiger partial charge on any atom is 0.315 e. The van der Waals surface area contributed by atoms with E-state index in [-0.39, 0.29) is 40.6 Å². The average molecular weight is 1650 g/mol. The number of rotatable bonds is 19. The summed E-state index contributed by atoms with van der Waals surface area (Å²) in [5.41, 5.74) is -1.75. The van der Waals surface area contributed by atoms with Crippen LogP contribution in [0.15, 0.2) is 11.6 Å². The normalized spacial score (nSPS) is 55.0. The van der Waals surface area contributed by atoms with Crippen molar-refractivity contribution >= 4 is 5.97 Å². The van der Waals surface area contributed by atoms with Crippen LogP contribution in [0, 0.1) is 50.2 Å². The Morgan fingerprint density at radius 1 is 0.421 bits per heavy atom. The summed E-state index contributed by atoms with van der Waals surface area (Å²) in [4.78, 5) is 15.4. The molecule has 0 amide bonds. The number of aliphatic hydroxyl groups excluding tert-OH is 21. The number of carbonyl (C=O) groups excluding carboxylic acids is 1. The highest BCUT2D eigenvalue weighted by molar-refractivity contribution is 5.79. The Morgan fingerprint density at radius 3 is 1.54 bits per heavy atom. The lowest BCUT2D eigenvalue weighted by Gasteiger charge is -2.71. The molecule has 0 spiro atoms. The minimum atomic E-state index is -1.99. The third-order valence-electron chi connectivity index (χ3n) is 29.0. The first-order valence-electron chi connectivity index (χ1n) is 40.3. The molecule has 8 saturated heterocycles. The molecule has 12 fully saturated rings. The second-order valence-corrected chi connectivity index (χ2v) is 36.6. The topological polar surface area (TPSA) is 590 Å². The van der Waals surface area contributed by atoms with E-state index < -0.39 is 288 Å². The first kappa shape index (κ1) is 89.5. The highest BCUT2D eigenvalue weighted by Gasteiger charge is 2.71. The Hall–Kier alpha value is -2.23. The second kappa shape index (κ2) is 34.1. The van der Waals surface area contributed by atoms with Crippen LogP contribution in [0.2, 0.25) is 0 Å². The van der Waals surface area contributed by atoms with Crippen molar-refractivity contribution in [2.75, 3.05) is 33.0 Å². The molecule has 13 aliphatic rings. The Morgan fingerprint density at radius 2 is 0.912 bits per heavy atom. The van der Waals surface area contributed by atoms with Crippen LogP contribution < -0.4 is 0 Å². The van der Waals surface area contributed by atoms with Gasteiger partial charge < -0.3 is 183 Å². The molecule has 13 rings (SSSR count). The van der Waals surface area contributed by atoms with Crippen LogP contribution in [-0.2, 0) is 80.6 Å². The Kier molecular flexibility index (Phi) is 26.8. The molecule has 21 N–H and O–H groups in total. The van der Waals surface area contributed by atoms with Crippen LogP contribution >= 0.6 is 0 Å². The fraction of sp³-hybridized carbons (Fsp3) is 0.961. The fourth-order valence-corrected chi connectivity index (χ4v) is 21.5. The number of fused-ring (bicyclic) bond motifs is 7. The lowest BCUT2D eigenvalue weighted by Crippen LogP contribution is -2.66. The van der Waals surface area contributed by atoms with Crippen LogP contribution in [0.25, 0.3) is 0 Å². The van der Waals surface area contributed by atoms with Gasteiger partial charge in [0, 0.05) is 0 Å². The van der Waals surface area contributed by atoms with E-state index in [9.17, 15) is 107 Å². The summed E-state index contributed by atoms with van der Waals surface area (Å²) in [5.74, 6) is -0.785. The van der Waals surface area contributed by atoms with Gasteiger partial charge in [0.15, 0.2) is 44.0 Å². The van der Waals surface area contributed by atoms with Gasteiger partial charge in [0.1, 0.15) is 165 Å². The third-order valence-corrected chi connectivity index (χ3v) is 29.0. The molecule has 656 valence electrons. The molecule has 5 aliphatic carbocycles. The van der Waals surface area contributed by atoms with E-state index in [2.05, 4.69) is 54.5 Å². The van der Waals surface area contributed by atoms with Crippen molar-refractivity contribution in [3.05, 3.63) is 11.6 Å². The highest BCUT2D eigenvalue weighted by atomic mass is 16.8. The Bertz CT molecular complexity index is 3270. The summed E-state index contributed by atoms with van der Waals surface area (Å²) < 4.78 is 94.9. The van der Waals surface area contributed by atoms with E-state index in [4.69, 9.17) is 75.8 Å². The van der Waals surface area contributed by atoms with Crippen molar-refractivity contribution < 1.29 is 188 Å². The van der Waals surface area contributed by atoms with Gasteiger partial charge in [-0.1, -0.05) is 60.1 Å². The summed E-state index contributed by atoms with van der Waals surface area (Å²) in [5, 5.41) is 230. The summed E-state index contributed by atoms with van der Waals surface area (Å²) >= 11 is 0. The number of hydrogen-bond acceptors (Lipinski definition) is 38. The summed E-state index contributed by atoms with van der Waals surface area (Å²) in [6.45, 7) is 16.9. The zero-order valence-electron chi connectivity index (χ0n) is 65.8. The molecule has 8 aliphatic heterocycles. The van der Waals surface area contributed by atoms with E-state index in [0.717, 1.165) is 12.8 Å². The molecule has 46 atom stereocenters. The molecule has 0 bridgehead atoms. The van der Waals surface area contributed by atoms with E-state index in [1.165, 1.54) is 26.3 Å². The molecule has 0 radical (unpaired) electrons. The van der Waals surface area contributed by atoms with Gasteiger partial charge >= 0.3 is 5.97 Å². The Balaban J connectivity index is 0.640. The van der Waals surface area contributed by atoms with Crippen molar-refractivity contribution in [1.82, 2.24) is 0 Å². The second-order valence-electron chi connectivity index (χ2n) is 36.6. The smallest absolute Gasteiger partial charge is 0.315 e. The minimum Gasteiger partial charge on any atom is -0.432 e. The van der Waals surface area contributed by atoms with Crippen molar-refractivity contribution in [3.8, 4) is 0 Å². The van der Waals surface area contributed by atoms with Gasteiger partial charge in [-0.15, -0.1) is 0 Å². The van der Waals surface area contributed by atoms with Crippen LogP contribution in [-0.4, -0.2) is 386 Å². The predicted molar refractivity (Wildman–Crippen MR) is 377 cm³/mol. The van der Waals surface area contributed by atoms with Crippen LogP contribution in [0.4, 0.5) is 0 Å². The number of aliphatic hydroxyl groups is 21. The predicted octanol–water partition coefficient (Wildman–Crippen LogP) is -6.38. The van der Waals surface area contributed by atoms with Gasteiger partial charge in [0.2, 0.25) is 6.29 Å². The van der Waals surface area contributed by atoms with Gasteiger partial charge in [0.05, 0.1) is 62.9 Å². The van der Waals surface area contributed by atoms with Gasteiger partial charge in [-0.05, 0) is 130 Å². The molecule has 0 aromatic heterocycles. The zero-order chi connectivity index (χ0) is 83.0. The maximum absolute atomic E-state index is 15.4. The standard InChI is InChI=1S/C76H124O38/c1-27-40(79)47(86)53(92)62(103-27)100-24-34-44(83)49(88)55(94)66(107-34)108-36-26-102-64(52(91)46(36)85)112-60-42(81)29(3)105-68(58(60)97)113-61-43(82)32(78)23-99-69(61)110-39-14-15-73(8)37(72(39,6)7)13-16-75(10)38(73)12-11-30-31-21-71(4,5)17-19-76(31,20-18-74(30,75)9)70(98)114-67-56(95)50(89)45(84)35(109-67)25-101-63-57(96)51(90)59(33(22-77)106-63)111-65-54(93)48(87)41(80)28(2)104-65/h11,27-29,31-69,77-97H,12-26H2,1-10H3/t27-,28-,29-,31?,32-,33-,34+,35+,36+,37?,38?,39-,40-,41-,42-,43-,44+,45+,46+,47+,48+,49-,50-,51+,52+,53+,54+,55+,56+,57+,58+,59+,60+,61+,62+,63+,64-,65-,66-,67+,68-,69-,73-,74+,75+,76-/m0/s1. The lowest BCUT2D eigenvalue weighted by atomic mass is 9.33. The maximum atomic E-state index is 15.4. The van der Waals surface area contributed by atoms with Crippen molar-refractivity contribution in [2.24, 2.45) is 50.2 Å². The van der Waals surface area contributed by atoms with E-state index in [1.54, 1.807) is 0 Å². The SMILES string of the molecule is C[C@@H]1O[C@@H](OC[C@H]2O[C@@H](O[C@@H]3CO[C@@H](O[C@@H]4[C@@H](O)[C@H](C)O[C@@H](O[C@H]5[C@H](O[C@H]6CC[C@@]7(C)C(CC[C@]8(C)C7CC=C7C9CC(C)(C)CC[C@]9(C(=O)O[C@H]9O[C@H](CO[C@@H]%10O[C@@H](CO)[C@@H](O[C@@H]%11O[C@@H](C)[C@H](O)[C@@H](O)[C@H]%11O)[C@H](O)[C@H]%10O)[C@@H](O)[C@H](O)[C@H]9O)CC[C@]78C)C6(C)C)OC[C@H](O)[C@@H]5O)[C@@H]4O)[C@H](O)[C@@H]3O)[C@H](O)[C@@H](O)[C@@H]2O)[C@H](O)[C@H](O)[C@H]1O. The van der Waals surface area contributed by atoms with E-state index in [0.29, 0.717) is 51.4 Å². The molecular weight excluding hydrogens is 1520 g/mol. The number of ether oxygens (including phenoxy) is 16. The number of hydrogen-bond donors (Lipinski definition) is 21. The quantitative estimate of drug-likeness (QED) is 0.0325. The summed E-state index contributed by atoms with van der Waals surface area (Å²) in [6.07, 6.45) is -54.8. The van der Waals surface area contributed by atoms with Crippen molar-refractivity contribution in [1.29, 1.82) is 0 Å². The molecule has 0 aromatic rings. The minimum absolute atomic E-state index is 0.0483. The molecule has 38 nitrogen and oxygen atoms in total. The monoisotopic (exact) mass is 1640 g/mol. The largest absolute Gasteiger partial charge is 0.432 e. The fourth-order valence-electron chi connectivity index (χ4n) is 21.5. The molecule has 3 unspecified atom stereocenters. The number of esters is 1. The zero-order valence-corrected chi connectivity index (χ0v) is 65.8. The molecule has 38 heteroatoms. The molecule has 0 aromatic carbocycles. The first-order valence-corrected chi connectivity index (χ1v) is 40.3. The molecule has 8 heterocycles. The summed E-state index contributed by atoms with van der Waals surface area (Å²) in [7, 11) is 0. The lowest BCUT2D eigenvalue weighted by molar-refractivity contribution is -0.383. The average Bonchev–Trinajstić information content (AvgIpc) is 0.674. The van der Waals surface area contributed by atoms with Crippen molar-refractivity contribution in [3.63, 3.8) is 0 Å². The Labute approximate surface area is 659 Å². The van der Waals surface area contributed by atoms with Gasteiger partial charge in [-0.2, -0.15) is 0 Å². The highest BCUT2D eigenvalue weighted by Crippen LogP contribution is 2.76. The van der Waals surface area contributed by atoms with Crippen molar-refractivity contribution in [2.45, 2.75) is 373 Å². The first-order chi connectivity index (χ1) is 53.4. The molecule has 114 heavy (non-hydrogen) atoms. The summed E-state index contributed by atoms with van der Waals surface area (Å²) in [6, 6.07) is 0. The van der Waals surface area contributed by atoms with E-state index in [1.807, 2.05) is 0 Å². The van der Waals surface area contributed by atoms with E-state index >= 15 is 4.79 Å². The number of carbonyl (C=O) groups is 1. The van der Waals surface area contributed by atoms with Crippen LogP contribution in [0.5, 0.6) is 0 Å². The number of allylic oxidation sites excluding steroid dienone is 2. The van der Waals surface area contributed by atoms with Crippen LogP contribution in [0.3, 0.4) is 0 Å².